The molecule has 0 aliphatic heterocycles. The molecule has 0 N–H and O–H groups in total. The molecule has 0 saturated heterocycles. The minimum Gasteiger partial charge on any atom is -0.316 e. The van der Waals surface area contributed by atoms with Gasteiger partial charge in [0.15, 0.2) is 0 Å². The zero-order chi connectivity index (χ0) is 4.41. The Morgan fingerprint density at radius 3 is 2.57 bits per heavy atom. The maximum absolute atomic E-state index is 3.63. The van der Waals surface area contributed by atoms with Crippen molar-refractivity contribution in [1.82, 2.24) is 10.2 Å². The molecule has 0 spiro atoms. The normalized spacial score (nSPS) is 7.57. The van der Waals surface area contributed by atoms with Gasteiger partial charge in [0, 0.05) is 0 Å². The molecule has 32 valence electrons. The van der Waals surface area contributed by atoms with Crippen LogP contribution in [-0.4, -0.2) is 10.2 Å². The van der Waals surface area contributed by atoms with Crippen LogP contribution in [0.3, 0.4) is 0 Å². The summed E-state index contributed by atoms with van der Waals surface area (Å²) in [5.41, 5.74) is 2.61. The Morgan fingerprint density at radius 1 is 1.71 bits per heavy atom. The molecule has 0 aromatic carbocycles. The van der Waals surface area contributed by atoms with E-state index in [2.05, 4.69) is 15.7 Å². The van der Waals surface area contributed by atoms with Gasteiger partial charge in [0.2, 0.25) is 0 Å². The molecular weight excluding hydrogens is 135 g/mol. The first-order valence-corrected chi connectivity index (χ1v) is 2.37. The maximum atomic E-state index is 3.63. The Bertz CT molecular complexity index is 116. The first-order chi connectivity index (χ1) is 2.89. The van der Waals surface area contributed by atoms with E-state index in [-0.39, 0.29) is 51.4 Å². The zero-order valence-corrected chi connectivity index (χ0v) is 8.24. The summed E-state index contributed by atoms with van der Waals surface area (Å²) in [5.74, 6) is 0. The quantitative estimate of drug-likeness (QED) is 0.296. The first kappa shape index (κ1) is 8.20. The van der Waals surface area contributed by atoms with Crippen LogP contribution in [0.5, 0.6) is 0 Å². The third-order valence-electron chi connectivity index (χ3n) is 0.425. The van der Waals surface area contributed by atoms with Crippen molar-refractivity contribution >= 4 is 11.3 Å². The van der Waals surface area contributed by atoms with Crippen LogP contribution in [0.15, 0.2) is 0 Å². The van der Waals surface area contributed by atoms with E-state index in [1.807, 2.05) is 6.92 Å². The molecule has 4 heteroatoms. The van der Waals surface area contributed by atoms with Gasteiger partial charge in [-0.15, -0.1) is 0 Å². The molecule has 0 atom stereocenters. The molecule has 0 bridgehead atoms. The van der Waals surface area contributed by atoms with Crippen molar-refractivity contribution in [3.8, 4) is 0 Å². The number of aryl methyl sites for hydroxylation is 1. The van der Waals surface area contributed by atoms with E-state index >= 15 is 0 Å². The van der Waals surface area contributed by atoms with Gasteiger partial charge in [0.25, 0.3) is 0 Å². The summed E-state index contributed by atoms with van der Waals surface area (Å²) in [4.78, 5) is 0. The Kier molecular flexibility index (Phi) is 4.82. The molecule has 1 aromatic rings. The van der Waals surface area contributed by atoms with Crippen LogP contribution in [0.2, 0.25) is 0 Å². The Labute approximate surface area is 88.8 Å². The Morgan fingerprint density at radius 2 is 2.43 bits per heavy atom. The van der Waals surface area contributed by atoms with Gasteiger partial charge in [-0.2, -0.15) is 0 Å². The molecule has 1 rings (SSSR count). The van der Waals surface area contributed by atoms with Crippen LogP contribution < -0.4 is 51.4 Å². The second-order valence-corrected chi connectivity index (χ2v) is 1.89. The van der Waals surface area contributed by atoms with E-state index in [1.54, 1.807) is 0 Å². The molecule has 7 heavy (non-hydrogen) atoms. The van der Waals surface area contributed by atoms with E-state index in [4.69, 9.17) is 0 Å². The van der Waals surface area contributed by atoms with E-state index < -0.39 is 0 Å². The molecule has 0 radical (unpaired) electrons. The smallest absolute Gasteiger partial charge is 0.316 e. The van der Waals surface area contributed by atoms with Gasteiger partial charge in [-0.1, -0.05) is 12.4 Å². The predicted molar refractivity (Wildman–Crippen MR) is 23.5 cm³/mol. The van der Waals surface area contributed by atoms with Gasteiger partial charge in [0.1, 0.15) is 0 Å². The Hall–Kier alpha value is 1.20. The average Bonchev–Trinajstić information content (AvgIpc) is 1.86. The van der Waals surface area contributed by atoms with Crippen LogP contribution in [0.1, 0.15) is 5.01 Å². The fourth-order valence-electron chi connectivity index (χ4n) is 0.198. The topological polar surface area (TPSA) is 25.8 Å². The van der Waals surface area contributed by atoms with Crippen molar-refractivity contribution in [3.05, 3.63) is 10.5 Å². The third-order valence-corrected chi connectivity index (χ3v) is 0.975. The van der Waals surface area contributed by atoms with Gasteiger partial charge < -0.3 is 11.3 Å². The van der Waals surface area contributed by atoms with Crippen molar-refractivity contribution in [1.29, 1.82) is 0 Å². The number of nitrogens with zero attached hydrogens (tertiary/aromatic N) is 2. The van der Waals surface area contributed by atoms with Gasteiger partial charge in [-0.05, 0) is 5.01 Å². The van der Waals surface area contributed by atoms with Crippen LogP contribution in [0.4, 0.5) is 0 Å². The number of rotatable bonds is 0. The Balaban J connectivity index is 0.000000360. The van der Waals surface area contributed by atoms with Gasteiger partial charge in [-0.25, -0.2) is 0 Å². The molecule has 0 amide bonds. The van der Waals surface area contributed by atoms with Crippen molar-refractivity contribution in [2.75, 3.05) is 0 Å². The minimum absolute atomic E-state index is 0. The fraction of sp³-hybridized carbons (Fsp3) is 0.333. The second-order valence-electron chi connectivity index (χ2n) is 0.912. The molecule has 0 fully saturated rings. The monoisotopic (exact) mass is 138 g/mol. The molecule has 1 heterocycles. The average molecular weight is 138 g/mol. The molecule has 0 unspecified atom stereocenters. The van der Waals surface area contributed by atoms with E-state index in [0.717, 1.165) is 5.01 Å². The van der Waals surface area contributed by atoms with Crippen LogP contribution in [0, 0.1) is 12.4 Å². The first-order valence-electron chi connectivity index (χ1n) is 1.56. The molecular formula is C3H3KN2S. The zero-order valence-electron chi connectivity index (χ0n) is 4.30. The van der Waals surface area contributed by atoms with Gasteiger partial charge >= 0.3 is 51.4 Å². The summed E-state index contributed by atoms with van der Waals surface area (Å²) in [6.45, 7) is 1.90. The van der Waals surface area contributed by atoms with Crippen molar-refractivity contribution in [2.24, 2.45) is 0 Å². The minimum atomic E-state index is 0. The summed E-state index contributed by atoms with van der Waals surface area (Å²) in [7, 11) is 0. The summed E-state index contributed by atoms with van der Waals surface area (Å²) >= 11 is 1.43. The molecule has 0 aliphatic carbocycles. The van der Waals surface area contributed by atoms with Crippen LogP contribution >= 0.6 is 11.3 Å². The summed E-state index contributed by atoms with van der Waals surface area (Å²) in [5, 5.41) is 8.06. The predicted octanol–water partition coefficient (Wildman–Crippen LogP) is -2.35. The van der Waals surface area contributed by atoms with Crippen molar-refractivity contribution < 1.29 is 51.4 Å². The fourth-order valence-corrected chi connectivity index (χ4v) is 0.493. The largest absolute Gasteiger partial charge is 1.00 e. The summed E-state index contributed by atoms with van der Waals surface area (Å²) in [6.07, 6.45) is 0. The standard InChI is InChI=1S/C3H3N2S.K/c1-3-5-4-2-6-3;/h1H3;/q-1;+1. The maximum Gasteiger partial charge on any atom is 1.00 e. The number of hydrogen-bond donors (Lipinski definition) is 0. The third kappa shape index (κ3) is 2.89. The van der Waals surface area contributed by atoms with Crippen LogP contribution in [-0.2, 0) is 0 Å². The number of aromatic nitrogens is 2. The van der Waals surface area contributed by atoms with E-state index in [1.165, 1.54) is 11.3 Å². The van der Waals surface area contributed by atoms with Crippen molar-refractivity contribution in [3.63, 3.8) is 0 Å². The second kappa shape index (κ2) is 4.11. The van der Waals surface area contributed by atoms with Crippen molar-refractivity contribution in [2.45, 2.75) is 6.92 Å². The molecule has 0 saturated carbocycles. The van der Waals surface area contributed by atoms with E-state index in [9.17, 15) is 0 Å². The van der Waals surface area contributed by atoms with Gasteiger partial charge in [0.05, 0.1) is 0 Å². The van der Waals surface area contributed by atoms with Crippen LogP contribution in [0.25, 0.3) is 0 Å². The van der Waals surface area contributed by atoms with E-state index in [0.29, 0.717) is 0 Å². The molecule has 1 aromatic heterocycles. The number of hydrogen-bond acceptors (Lipinski definition) is 3. The summed E-state index contributed by atoms with van der Waals surface area (Å²) in [6, 6.07) is 0. The summed E-state index contributed by atoms with van der Waals surface area (Å²) < 4.78 is 0. The van der Waals surface area contributed by atoms with Gasteiger partial charge in [-0.3, -0.25) is 10.2 Å². The molecule has 0 aliphatic rings. The SMILES string of the molecule is Cc1nn[c-]s1.[K+]. The molecule has 2 nitrogen and oxygen atoms in total.